The Morgan fingerprint density at radius 3 is 2.86 bits per heavy atom. The predicted molar refractivity (Wildman–Crippen MR) is 126 cm³/mol. The summed E-state index contributed by atoms with van der Waals surface area (Å²) in [4.78, 5) is 48.5. The molecule has 0 saturated carbocycles. The van der Waals surface area contributed by atoms with Crippen molar-refractivity contribution in [1.82, 2.24) is 9.55 Å². The maximum Gasteiger partial charge on any atom is 0.378 e. The van der Waals surface area contributed by atoms with Crippen LogP contribution in [0, 0.1) is 0 Å². The number of carbonyl (C=O) groups excluding carboxylic acids is 1. The number of aromatic amines is 1. The molecule has 1 radical (unpaired) electrons. The first-order valence-corrected chi connectivity index (χ1v) is 13.0. The Hall–Kier alpha value is -2.18. The number of ether oxygens (including phenoxy) is 2. The highest BCUT2D eigenvalue weighted by Gasteiger charge is 2.58. The molecule has 0 aliphatic carbocycles. The molecule has 36 heavy (non-hydrogen) atoms. The predicted octanol–water partition coefficient (Wildman–Crippen LogP) is 3.00. The van der Waals surface area contributed by atoms with Gasteiger partial charge in [0.1, 0.15) is 6.10 Å². The van der Waals surface area contributed by atoms with E-state index in [0.717, 1.165) is 36.2 Å². The highest BCUT2D eigenvalue weighted by molar-refractivity contribution is 7.55. The van der Waals surface area contributed by atoms with Crippen molar-refractivity contribution < 1.29 is 37.1 Å². The van der Waals surface area contributed by atoms with Gasteiger partial charge in [0.2, 0.25) is 0 Å². The minimum atomic E-state index is -3.91. The van der Waals surface area contributed by atoms with Crippen molar-refractivity contribution in [1.29, 1.82) is 0 Å². The second-order valence-electron chi connectivity index (χ2n) is 8.61. The van der Waals surface area contributed by atoms with Gasteiger partial charge in [-0.25, -0.2) is 9.18 Å². The molecule has 2 saturated heterocycles. The number of rotatable bonds is 6. The van der Waals surface area contributed by atoms with E-state index in [2.05, 4.69) is 0 Å². The Kier molecular flexibility index (Phi) is 7.96. The molecule has 2 N–H and O–H groups in total. The van der Waals surface area contributed by atoms with Gasteiger partial charge >= 0.3 is 19.8 Å². The van der Waals surface area contributed by atoms with Crippen LogP contribution in [-0.4, -0.2) is 51.5 Å². The minimum absolute atomic E-state index is 0.149. The molecular formula is C22H26ClFN2O9P. The number of alkyl halides is 1. The minimum Gasteiger partial charge on any atom is -0.456 e. The Balaban J connectivity index is 1.55. The lowest BCUT2D eigenvalue weighted by molar-refractivity contribution is -0.155. The molecule has 3 heterocycles. The normalized spacial score (nSPS) is 32.7. The molecule has 197 valence electrons. The van der Waals surface area contributed by atoms with E-state index in [1.54, 1.807) is 24.3 Å². The first-order valence-electron chi connectivity index (χ1n) is 11.2. The summed E-state index contributed by atoms with van der Waals surface area (Å²) in [7, 11) is -3.91. The zero-order chi connectivity index (χ0) is 26.1. The second kappa shape index (κ2) is 10.7. The highest BCUT2D eigenvalue weighted by Crippen LogP contribution is 2.63. The lowest BCUT2D eigenvalue weighted by Crippen LogP contribution is -2.45. The molecule has 1 aromatic carbocycles. The zero-order valence-electron chi connectivity index (χ0n) is 19.5. The van der Waals surface area contributed by atoms with Gasteiger partial charge in [-0.3, -0.25) is 32.7 Å². The zero-order valence-corrected chi connectivity index (χ0v) is 21.1. The van der Waals surface area contributed by atoms with Crippen LogP contribution in [0.3, 0.4) is 0 Å². The van der Waals surface area contributed by atoms with Gasteiger partial charge in [-0.2, -0.15) is 0 Å². The third-order valence-corrected chi connectivity index (χ3v) is 7.57. The lowest BCUT2D eigenvalue weighted by atomic mass is 9.98. The van der Waals surface area contributed by atoms with Gasteiger partial charge in [0.15, 0.2) is 18.0 Å². The van der Waals surface area contributed by atoms with Crippen molar-refractivity contribution in [2.75, 3.05) is 13.2 Å². The molecule has 2 fully saturated rings. The summed E-state index contributed by atoms with van der Waals surface area (Å²) in [5.41, 5.74) is -3.27. The number of esters is 1. The van der Waals surface area contributed by atoms with Crippen LogP contribution >= 0.6 is 19.8 Å². The van der Waals surface area contributed by atoms with Gasteiger partial charge in [0.05, 0.1) is 19.3 Å². The number of nitrogens with one attached hydrogen (secondary N) is 1. The molecule has 2 aliphatic heterocycles. The van der Waals surface area contributed by atoms with E-state index in [-0.39, 0.29) is 6.61 Å². The van der Waals surface area contributed by atoms with Crippen molar-refractivity contribution in [2.45, 2.75) is 56.9 Å². The van der Waals surface area contributed by atoms with Gasteiger partial charge in [0, 0.05) is 24.2 Å². The summed E-state index contributed by atoms with van der Waals surface area (Å²) < 4.78 is 44.6. The molecular weight excluding hydrogens is 522 g/mol. The van der Waals surface area contributed by atoms with Crippen molar-refractivity contribution in [3.05, 3.63) is 68.0 Å². The molecule has 2 aliphatic rings. The summed E-state index contributed by atoms with van der Waals surface area (Å²) in [5, 5.41) is 0.499. The van der Waals surface area contributed by atoms with Crippen molar-refractivity contribution in [3.63, 3.8) is 0 Å². The molecule has 6 atom stereocenters. The van der Waals surface area contributed by atoms with Crippen LogP contribution in [0.5, 0.6) is 0 Å². The average molecular weight is 548 g/mol. The summed E-state index contributed by atoms with van der Waals surface area (Å²) in [5.74, 6) is -0.788. The van der Waals surface area contributed by atoms with Crippen LogP contribution in [0.1, 0.15) is 44.6 Å². The first kappa shape index (κ1) is 26.9. The smallest absolute Gasteiger partial charge is 0.378 e. The van der Waals surface area contributed by atoms with Gasteiger partial charge in [-0.05, 0) is 37.5 Å². The number of hydrogen-bond acceptors (Lipinski definition) is 9. The molecule has 11 nitrogen and oxygen atoms in total. The van der Waals surface area contributed by atoms with E-state index in [1.165, 1.54) is 0 Å². The maximum atomic E-state index is 15.9. The standard InChI is InChI=1S/C22H26ClFN2O9P/c1-13(27)33-19-17(34-20(22(19,2)24)26-9-8-18(28)25-21(26)29)12-32-36(30)31-10-4-7-16(35-36)14-5-3-6-15(23)11-14/h3,5-6,8-9,11,16-17,19-20,30H,4,7,10,12H2,1-2H3,(H,25,28,29). The van der Waals surface area contributed by atoms with Crippen molar-refractivity contribution >= 4 is 25.7 Å². The fraction of sp³-hybridized carbons (Fsp3) is 0.500. The maximum absolute atomic E-state index is 15.9. The number of H-pyrrole nitrogens is 1. The topological polar surface area (TPSA) is 138 Å². The Bertz CT molecular complexity index is 1220. The average Bonchev–Trinajstić information content (AvgIpc) is 2.93. The number of nitrogens with zero attached hydrogens (tertiary/aromatic N) is 1. The molecule has 1 aromatic heterocycles. The van der Waals surface area contributed by atoms with Crippen LogP contribution in [0.25, 0.3) is 0 Å². The van der Waals surface area contributed by atoms with Crippen molar-refractivity contribution in [2.24, 2.45) is 0 Å². The summed E-state index contributed by atoms with van der Waals surface area (Å²) >= 11 is 6.08. The third kappa shape index (κ3) is 5.86. The van der Waals surface area contributed by atoms with Crippen LogP contribution < -0.4 is 11.2 Å². The summed E-state index contributed by atoms with van der Waals surface area (Å²) in [6.45, 7) is 1.86. The van der Waals surface area contributed by atoms with Crippen LogP contribution in [0.2, 0.25) is 5.02 Å². The van der Waals surface area contributed by atoms with E-state index in [0.29, 0.717) is 17.9 Å². The Labute approximate surface area is 210 Å². The molecule has 0 spiro atoms. The summed E-state index contributed by atoms with van der Waals surface area (Å²) in [6, 6.07) is 8.00. The molecule has 2 aromatic rings. The molecule has 14 heteroatoms. The van der Waals surface area contributed by atoms with Gasteiger partial charge in [-0.15, -0.1) is 0 Å². The molecule has 0 bridgehead atoms. The highest BCUT2D eigenvalue weighted by atomic mass is 35.5. The van der Waals surface area contributed by atoms with E-state index in [1.807, 2.05) is 4.98 Å². The summed E-state index contributed by atoms with van der Waals surface area (Å²) in [6.07, 6.45) is -2.73. The van der Waals surface area contributed by atoms with Crippen molar-refractivity contribution in [3.8, 4) is 0 Å². The number of aromatic nitrogens is 2. The van der Waals surface area contributed by atoms with Crippen LogP contribution in [0.15, 0.2) is 46.1 Å². The van der Waals surface area contributed by atoms with E-state index >= 15 is 4.39 Å². The number of benzene rings is 1. The van der Waals surface area contributed by atoms with Gasteiger partial charge in [-0.1, -0.05) is 23.7 Å². The van der Waals surface area contributed by atoms with Crippen LogP contribution in [0.4, 0.5) is 4.39 Å². The lowest BCUT2D eigenvalue weighted by Gasteiger charge is -2.31. The van der Waals surface area contributed by atoms with Crippen LogP contribution in [-0.2, 0) is 27.8 Å². The SMILES string of the molecule is CC(=O)OC1C(CO[P]2(O)OCCCC(c3cccc(Cl)c3)O2)OC(n2ccc(=O)[nH]c2=O)C1(C)F. The Morgan fingerprint density at radius 1 is 1.39 bits per heavy atom. The number of carbonyl (C=O) groups is 1. The molecule has 4 rings (SSSR count). The van der Waals surface area contributed by atoms with E-state index in [4.69, 9.17) is 34.6 Å². The fourth-order valence-corrected chi connectivity index (χ4v) is 5.82. The molecule has 0 amide bonds. The first-order chi connectivity index (χ1) is 17.0. The van der Waals surface area contributed by atoms with Gasteiger partial charge in [0.25, 0.3) is 5.56 Å². The largest absolute Gasteiger partial charge is 0.456 e. The fourth-order valence-electron chi connectivity index (χ4n) is 4.18. The van der Waals surface area contributed by atoms with E-state index in [9.17, 15) is 19.3 Å². The third-order valence-electron chi connectivity index (χ3n) is 5.83. The quantitative estimate of drug-likeness (QED) is 0.413. The Morgan fingerprint density at radius 2 is 2.17 bits per heavy atom. The monoisotopic (exact) mass is 547 g/mol. The van der Waals surface area contributed by atoms with E-state index < -0.39 is 62.2 Å². The number of hydrogen-bond donors (Lipinski definition) is 2. The second-order valence-corrected chi connectivity index (χ2v) is 10.7. The number of halogens is 2. The molecule has 6 unspecified atom stereocenters. The van der Waals surface area contributed by atoms with Gasteiger partial charge < -0.3 is 14.4 Å².